The Bertz CT molecular complexity index is 412. The minimum absolute atomic E-state index is 0.134. The van der Waals surface area contributed by atoms with Crippen LogP contribution in [-0.2, 0) is 4.74 Å². The minimum Gasteiger partial charge on any atom is -0.444 e. The van der Waals surface area contributed by atoms with E-state index in [0.29, 0.717) is 11.5 Å². The van der Waals surface area contributed by atoms with E-state index in [-0.39, 0.29) is 6.09 Å². The van der Waals surface area contributed by atoms with E-state index in [9.17, 15) is 4.79 Å². The van der Waals surface area contributed by atoms with Crippen LogP contribution < -0.4 is 0 Å². The van der Waals surface area contributed by atoms with Crippen molar-refractivity contribution in [1.29, 1.82) is 0 Å². The smallest absolute Gasteiger partial charge is 0.410 e. The molecule has 0 bridgehead atoms. The van der Waals surface area contributed by atoms with Crippen molar-refractivity contribution in [2.24, 2.45) is 5.41 Å². The zero-order valence-electron chi connectivity index (χ0n) is 14.6. The molecule has 0 N–H and O–H groups in total. The van der Waals surface area contributed by atoms with Gasteiger partial charge in [0.2, 0.25) is 0 Å². The van der Waals surface area contributed by atoms with E-state index in [1.54, 1.807) is 0 Å². The Morgan fingerprint density at radius 3 is 2.50 bits per heavy atom. The highest BCUT2D eigenvalue weighted by molar-refractivity contribution is 5.68. The van der Waals surface area contributed by atoms with Crippen LogP contribution >= 0.6 is 0 Å². The molecule has 0 aromatic heterocycles. The highest BCUT2D eigenvalue weighted by Crippen LogP contribution is 2.52. The van der Waals surface area contributed by atoms with Crippen LogP contribution in [0.2, 0.25) is 0 Å². The third kappa shape index (κ3) is 3.95. The second-order valence-electron chi connectivity index (χ2n) is 8.63. The average molecular weight is 308 g/mol. The standard InChI is InChI=1S/C18H32N2O2/c1-17(2,3)22-16(21)19-11-4-6-15(7-13-19)20-12-5-8-18(14-20)9-10-18/h15H,4-14H2,1-3H3. The summed E-state index contributed by atoms with van der Waals surface area (Å²) >= 11 is 0. The van der Waals surface area contributed by atoms with Gasteiger partial charge >= 0.3 is 6.09 Å². The molecule has 3 aliphatic rings. The van der Waals surface area contributed by atoms with Gasteiger partial charge in [-0.25, -0.2) is 4.79 Å². The van der Waals surface area contributed by atoms with Crippen molar-refractivity contribution in [3.63, 3.8) is 0 Å². The second-order valence-corrected chi connectivity index (χ2v) is 8.63. The first-order valence-corrected chi connectivity index (χ1v) is 9.09. The molecule has 3 fully saturated rings. The van der Waals surface area contributed by atoms with Crippen LogP contribution in [0.1, 0.15) is 65.7 Å². The summed E-state index contributed by atoms with van der Waals surface area (Å²) in [6.45, 7) is 10.1. The van der Waals surface area contributed by atoms with Crippen LogP contribution in [0.4, 0.5) is 4.79 Å². The van der Waals surface area contributed by atoms with Crippen LogP contribution in [0.5, 0.6) is 0 Å². The van der Waals surface area contributed by atoms with Gasteiger partial charge in [-0.05, 0) is 77.7 Å². The van der Waals surface area contributed by atoms with E-state index in [0.717, 1.165) is 25.9 Å². The van der Waals surface area contributed by atoms with E-state index >= 15 is 0 Å². The molecule has 1 amide bonds. The summed E-state index contributed by atoms with van der Waals surface area (Å²) in [6, 6.07) is 0.671. The van der Waals surface area contributed by atoms with Gasteiger partial charge < -0.3 is 9.64 Å². The van der Waals surface area contributed by atoms with Crippen LogP contribution in [0, 0.1) is 5.41 Å². The number of rotatable bonds is 1. The topological polar surface area (TPSA) is 32.8 Å². The number of amides is 1. The molecule has 2 heterocycles. The Balaban J connectivity index is 1.52. The zero-order chi connectivity index (χ0) is 15.8. The number of hydrogen-bond donors (Lipinski definition) is 0. The largest absolute Gasteiger partial charge is 0.444 e. The molecule has 3 rings (SSSR count). The quantitative estimate of drug-likeness (QED) is 0.741. The van der Waals surface area contributed by atoms with Crippen LogP contribution in [0.25, 0.3) is 0 Å². The summed E-state index contributed by atoms with van der Waals surface area (Å²) in [4.78, 5) is 16.9. The van der Waals surface area contributed by atoms with E-state index in [4.69, 9.17) is 4.74 Å². The van der Waals surface area contributed by atoms with Gasteiger partial charge in [0.05, 0.1) is 0 Å². The lowest BCUT2D eigenvalue weighted by atomic mass is 9.92. The maximum absolute atomic E-state index is 12.3. The fourth-order valence-electron chi connectivity index (χ4n) is 4.10. The van der Waals surface area contributed by atoms with Crippen molar-refractivity contribution >= 4 is 6.09 Å². The van der Waals surface area contributed by atoms with Crippen LogP contribution in [0.3, 0.4) is 0 Å². The molecule has 4 nitrogen and oxygen atoms in total. The lowest BCUT2D eigenvalue weighted by Crippen LogP contribution is -2.44. The predicted octanol–water partition coefficient (Wildman–Crippen LogP) is 3.65. The van der Waals surface area contributed by atoms with Gasteiger partial charge in [-0.2, -0.15) is 0 Å². The fourth-order valence-corrected chi connectivity index (χ4v) is 4.10. The molecule has 2 saturated heterocycles. The van der Waals surface area contributed by atoms with Gasteiger partial charge in [0.1, 0.15) is 5.60 Å². The lowest BCUT2D eigenvalue weighted by molar-refractivity contribution is 0.0249. The summed E-state index contributed by atoms with van der Waals surface area (Å²) in [6.07, 6.45) is 9.01. The molecule has 1 spiro atoms. The maximum atomic E-state index is 12.3. The molecule has 1 saturated carbocycles. The van der Waals surface area contributed by atoms with E-state index in [1.165, 1.54) is 45.2 Å². The summed E-state index contributed by atoms with van der Waals surface area (Å²) in [5.41, 5.74) is 0.295. The average Bonchev–Trinajstić information content (AvgIpc) is 3.20. The number of carbonyl (C=O) groups is 1. The highest BCUT2D eigenvalue weighted by atomic mass is 16.6. The summed E-state index contributed by atoms with van der Waals surface area (Å²) in [5, 5.41) is 0. The highest BCUT2D eigenvalue weighted by Gasteiger charge is 2.46. The number of carbonyl (C=O) groups excluding carboxylic acids is 1. The Hall–Kier alpha value is -0.770. The molecule has 2 aliphatic heterocycles. The Morgan fingerprint density at radius 1 is 1.05 bits per heavy atom. The van der Waals surface area contributed by atoms with E-state index in [2.05, 4.69) is 4.90 Å². The molecule has 0 radical (unpaired) electrons. The minimum atomic E-state index is -0.395. The fraction of sp³-hybridized carbons (Fsp3) is 0.944. The van der Waals surface area contributed by atoms with Gasteiger partial charge in [0.15, 0.2) is 0 Å². The van der Waals surface area contributed by atoms with Crippen molar-refractivity contribution < 1.29 is 9.53 Å². The van der Waals surface area contributed by atoms with Crippen molar-refractivity contribution in [3.05, 3.63) is 0 Å². The summed E-state index contributed by atoms with van der Waals surface area (Å²) < 4.78 is 5.53. The summed E-state index contributed by atoms with van der Waals surface area (Å²) in [5.74, 6) is 0. The first-order chi connectivity index (χ1) is 10.4. The predicted molar refractivity (Wildman–Crippen MR) is 87.9 cm³/mol. The molecule has 1 unspecified atom stereocenters. The Kier molecular flexibility index (Phi) is 4.41. The molecule has 4 heteroatoms. The number of nitrogens with zero attached hydrogens (tertiary/aromatic N) is 2. The Labute approximate surface area is 135 Å². The normalized spacial score (nSPS) is 29.2. The molecular formula is C18H32N2O2. The second kappa shape index (κ2) is 6.03. The lowest BCUT2D eigenvalue weighted by Gasteiger charge is -2.38. The number of piperidine rings is 1. The molecule has 0 aromatic rings. The van der Waals surface area contributed by atoms with Crippen LogP contribution in [-0.4, -0.2) is 53.7 Å². The number of ether oxygens (including phenoxy) is 1. The number of hydrogen-bond acceptors (Lipinski definition) is 3. The first kappa shape index (κ1) is 16.1. The monoisotopic (exact) mass is 308 g/mol. The van der Waals surface area contributed by atoms with Crippen molar-refractivity contribution in [2.45, 2.75) is 77.4 Å². The molecule has 1 aliphatic carbocycles. The molecule has 1 atom stereocenters. The van der Waals surface area contributed by atoms with Gasteiger partial charge in [-0.1, -0.05) is 0 Å². The molecule has 126 valence electrons. The first-order valence-electron chi connectivity index (χ1n) is 9.09. The van der Waals surface area contributed by atoms with Gasteiger partial charge in [-0.3, -0.25) is 4.90 Å². The number of likely N-dealkylation sites (tertiary alicyclic amines) is 2. The maximum Gasteiger partial charge on any atom is 0.410 e. The van der Waals surface area contributed by atoms with Crippen molar-refractivity contribution in [2.75, 3.05) is 26.2 Å². The Morgan fingerprint density at radius 2 is 1.82 bits per heavy atom. The van der Waals surface area contributed by atoms with Crippen molar-refractivity contribution in [3.8, 4) is 0 Å². The summed E-state index contributed by atoms with van der Waals surface area (Å²) in [7, 11) is 0. The van der Waals surface area contributed by atoms with Gasteiger partial charge in [-0.15, -0.1) is 0 Å². The third-order valence-corrected chi connectivity index (χ3v) is 5.51. The van der Waals surface area contributed by atoms with Crippen molar-refractivity contribution in [1.82, 2.24) is 9.80 Å². The van der Waals surface area contributed by atoms with Gasteiger partial charge in [0.25, 0.3) is 0 Å². The zero-order valence-corrected chi connectivity index (χ0v) is 14.6. The molecule has 0 aromatic carbocycles. The van der Waals surface area contributed by atoms with Crippen LogP contribution in [0.15, 0.2) is 0 Å². The van der Waals surface area contributed by atoms with Gasteiger partial charge in [0, 0.05) is 25.7 Å². The van der Waals surface area contributed by atoms with E-state index < -0.39 is 5.60 Å². The molecule has 22 heavy (non-hydrogen) atoms. The third-order valence-electron chi connectivity index (χ3n) is 5.51. The SMILES string of the molecule is CC(C)(C)OC(=O)N1CCCC(N2CCCC3(CC3)C2)CC1. The molecular weight excluding hydrogens is 276 g/mol. The van der Waals surface area contributed by atoms with E-state index in [1.807, 2.05) is 25.7 Å².